The number of nitrogens with zero attached hydrogens (tertiary/aromatic N) is 3. The normalized spacial score (nSPS) is 18.0. The predicted octanol–water partition coefficient (Wildman–Crippen LogP) is 1.73. The number of carbonyl (C=O) groups excluding carboxylic acids is 1. The van der Waals surface area contributed by atoms with E-state index in [1.54, 1.807) is 0 Å². The first-order chi connectivity index (χ1) is 9.16. The lowest BCUT2D eigenvalue weighted by Crippen LogP contribution is -2.44. The van der Waals surface area contributed by atoms with E-state index < -0.39 is 0 Å². The van der Waals surface area contributed by atoms with Crippen molar-refractivity contribution in [2.24, 2.45) is 0 Å². The summed E-state index contributed by atoms with van der Waals surface area (Å²) in [5.41, 5.74) is 0.262. The van der Waals surface area contributed by atoms with Gasteiger partial charge in [-0.25, -0.2) is 4.98 Å². The fourth-order valence-corrected chi connectivity index (χ4v) is 2.42. The molecule has 5 nitrogen and oxygen atoms in total. The van der Waals surface area contributed by atoms with Gasteiger partial charge in [0.2, 0.25) is 0 Å². The number of hydrogen-bond acceptors (Lipinski definition) is 4. The Labute approximate surface area is 118 Å². The molecule has 6 heteroatoms. The lowest BCUT2D eigenvalue weighted by Gasteiger charge is -2.32. The third-order valence-corrected chi connectivity index (χ3v) is 3.59. The maximum absolute atomic E-state index is 11.9. The van der Waals surface area contributed by atoms with Crippen LogP contribution in [0.1, 0.15) is 36.7 Å². The van der Waals surface area contributed by atoms with Crippen molar-refractivity contribution in [3.05, 3.63) is 23.2 Å². The maximum atomic E-state index is 11.9. The zero-order valence-electron chi connectivity index (χ0n) is 11.1. The molecule has 1 N–H and O–H groups in total. The summed E-state index contributed by atoms with van der Waals surface area (Å²) in [6, 6.07) is 0.344. The summed E-state index contributed by atoms with van der Waals surface area (Å²) in [6.07, 6.45) is 6.64. The second-order valence-electron chi connectivity index (χ2n) is 4.88. The topological polar surface area (TPSA) is 58.1 Å². The van der Waals surface area contributed by atoms with Crippen LogP contribution in [0.5, 0.6) is 0 Å². The minimum Gasteiger partial charge on any atom is -0.349 e. The van der Waals surface area contributed by atoms with Crippen molar-refractivity contribution >= 4 is 17.5 Å². The lowest BCUT2D eigenvalue weighted by molar-refractivity contribution is 0.0924. The molecule has 1 aromatic heterocycles. The van der Waals surface area contributed by atoms with Crippen molar-refractivity contribution in [2.45, 2.75) is 32.2 Å². The predicted molar refractivity (Wildman–Crippen MR) is 74.3 cm³/mol. The first-order valence-electron chi connectivity index (χ1n) is 6.66. The minimum absolute atomic E-state index is 0.223. The van der Waals surface area contributed by atoms with E-state index in [-0.39, 0.29) is 16.8 Å². The highest BCUT2D eigenvalue weighted by atomic mass is 35.5. The van der Waals surface area contributed by atoms with E-state index in [9.17, 15) is 4.79 Å². The minimum atomic E-state index is -0.223. The van der Waals surface area contributed by atoms with Gasteiger partial charge in [-0.1, -0.05) is 18.0 Å². The molecular formula is C13H19ClN4O. The Kier molecular flexibility index (Phi) is 5.10. The Morgan fingerprint density at radius 3 is 2.84 bits per heavy atom. The Bertz CT molecular complexity index is 434. The fraction of sp³-hybridized carbons (Fsp3) is 0.615. The number of nitrogens with one attached hydrogen (secondary N) is 1. The fourth-order valence-electron chi connectivity index (χ4n) is 2.27. The number of aromatic nitrogens is 2. The SMILES string of the molecule is CC(CNC(=O)c1cncc(Cl)n1)N1CCCCC1. The molecule has 1 saturated heterocycles. The van der Waals surface area contributed by atoms with Gasteiger partial charge in [-0.05, 0) is 32.9 Å². The molecule has 0 aliphatic carbocycles. The van der Waals surface area contributed by atoms with Crippen LogP contribution in [-0.4, -0.2) is 46.5 Å². The first-order valence-corrected chi connectivity index (χ1v) is 7.04. The van der Waals surface area contributed by atoms with E-state index in [2.05, 4.69) is 27.1 Å². The highest BCUT2D eigenvalue weighted by Crippen LogP contribution is 2.11. The summed E-state index contributed by atoms with van der Waals surface area (Å²) < 4.78 is 0. The monoisotopic (exact) mass is 282 g/mol. The van der Waals surface area contributed by atoms with Crippen LogP contribution in [0.25, 0.3) is 0 Å². The quantitative estimate of drug-likeness (QED) is 0.914. The van der Waals surface area contributed by atoms with Crippen LogP contribution in [0.15, 0.2) is 12.4 Å². The van der Waals surface area contributed by atoms with E-state index in [0.29, 0.717) is 12.6 Å². The van der Waals surface area contributed by atoms with E-state index in [1.165, 1.54) is 31.7 Å². The molecule has 0 saturated carbocycles. The molecule has 0 bridgehead atoms. The number of carbonyl (C=O) groups is 1. The van der Waals surface area contributed by atoms with E-state index in [4.69, 9.17) is 11.6 Å². The number of hydrogen-bond donors (Lipinski definition) is 1. The molecule has 0 aromatic carbocycles. The van der Waals surface area contributed by atoms with Gasteiger partial charge in [-0.15, -0.1) is 0 Å². The largest absolute Gasteiger partial charge is 0.349 e. The van der Waals surface area contributed by atoms with Gasteiger partial charge in [-0.2, -0.15) is 0 Å². The van der Waals surface area contributed by atoms with Gasteiger partial charge >= 0.3 is 0 Å². The molecule has 2 rings (SSSR count). The molecule has 2 heterocycles. The van der Waals surface area contributed by atoms with Crippen LogP contribution in [0.3, 0.4) is 0 Å². The van der Waals surface area contributed by atoms with Crippen LogP contribution in [0, 0.1) is 0 Å². The maximum Gasteiger partial charge on any atom is 0.271 e. The highest BCUT2D eigenvalue weighted by molar-refractivity contribution is 6.29. The Hall–Kier alpha value is -1.20. The van der Waals surface area contributed by atoms with Gasteiger partial charge in [-0.3, -0.25) is 14.7 Å². The van der Waals surface area contributed by atoms with E-state index >= 15 is 0 Å². The third-order valence-electron chi connectivity index (χ3n) is 3.41. The van der Waals surface area contributed by atoms with Crippen LogP contribution in [0.4, 0.5) is 0 Å². The molecule has 1 aliphatic rings. The number of halogens is 1. The van der Waals surface area contributed by atoms with Crippen molar-refractivity contribution in [1.82, 2.24) is 20.2 Å². The summed E-state index contributed by atoms with van der Waals surface area (Å²) in [4.78, 5) is 22.1. The average Bonchev–Trinajstić information content (AvgIpc) is 2.45. The Balaban J connectivity index is 1.82. The number of amides is 1. The summed E-state index contributed by atoms with van der Waals surface area (Å²) in [7, 11) is 0. The number of rotatable bonds is 4. The van der Waals surface area contributed by atoms with Crippen LogP contribution in [-0.2, 0) is 0 Å². The average molecular weight is 283 g/mol. The van der Waals surface area contributed by atoms with E-state index in [0.717, 1.165) is 13.1 Å². The van der Waals surface area contributed by atoms with Crippen molar-refractivity contribution in [1.29, 1.82) is 0 Å². The molecule has 1 aromatic rings. The first kappa shape index (κ1) is 14.2. The van der Waals surface area contributed by atoms with Gasteiger partial charge in [0.1, 0.15) is 10.8 Å². The molecule has 19 heavy (non-hydrogen) atoms. The van der Waals surface area contributed by atoms with Crippen LogP contribution >= 0.6 is 11.6 Å². The van der Waals surface area contributed by atoms with Crippen molar-refractivity contribution < 1.29 is 4.79 Å². The second-order valence-corrected chi connectivity index (χ2v) is 5.27. The number of likely N-dealkylation sites (tertiary alicyclic amines) is 1. The summed E-state index contributed by atoms with van der Waals surface area (Å²) >= 11 is 5.71. The van der Waals surface area contributed by atoms with Crippen molar-refractivity contribution in [2.75, 3.05) is 19.6 Å². The molecular weight excluding hydrogens is 264 g/mol. The molecule has 1 atom stereocenters. The summed E-state index contributed by atoms with van der Waals surface area (Å²) in [5, 5.41) is 3.11. The standard InChI is InChI=1S/C13H19ClN4O/c1-10(18-5-3-2-4-6-18)7-16-13(19)11-8-15-9-12(14)17-11/h8-10H,2-7H2,1H3,(H,16,19). The van der Waals surface area contributed by atoms with Gasteiger partial charge in [0, 0.05) is 12.6 Å². The summed E-state index contributed by atoms with van der Waals surface area (Å²) in [6.45, 7) is 4.99. The zero-order valence-corrected chi connectivity index (χ0v) is 11.9. The van der Waals surface area contributed by atoms with Crippen LogP contribution in [0.2, 0.25) is 5.15 Å². The van der Waals surface area contributed by atoms with E-state index in [1.807, 2.05) is 0 Å². The third kappa shape index (κ3) is 4.14. The summed E-state index contributed by atoms with van der Waals surface area (Å²) in [5.74, 6) is -0.223. The van der Waals surface area contributed by atoms with Gasteiger partial charge in [0.25, 0.3) is 5.91 Å². The molecule has 0 radical (unpaired) electrons. The molecule has 1 aliphatic heterocycles. The van der Waals surface area contributed by atoms with Gasteiger partial charge < -0.3 is 5.32 Å². The Morgan fingerprint density at radius 1 is 1.42 bits per heavy atom. The lowest BCUT2D eigenvalue weighted by atomic mass is 10.1. The molecule has 1 amide bonds. The second kappa shape index (κ2) is 6.82. The molecule has 1 fully saturated rings. The molecule has 0 spiro atoms. The van der Waals surface area contributed by atoms with Crippen molar-refractivity contribution in [3.8, 4) is 0 Å². The number of piperidine rings is 1. The Morgan fingerprint density at radius 2 is 2.16 bits per heavy atom. The smallest absolute Gasteiger partial charge is 0.271 e. The molecule has 104 valence electrons. The van der Waals surface area contributed by atoms with Crippen molar-refractivity contribution in [3.63, 3.8) is 0 Å². The van der Waals surface area contributed by atoms with Crippen LogP contribution < -0.4 is 5.32 Å². The van der Waals surface area contributed by atoms with Gasteiger partial charge in [0.15, 0.2) is 0 Å². The molecule has 1 unspecified atom stereocenters. The zero-order chi connectivity index (χ0) is 13.7. The van der Waals surface area contributed by atoms with Gasteiger partial charge in [0.05, 0.1) is 12.4 Å². The highest BCUT2D eigenvalue weighted by Gasteiger charge is 2.17.